The van der Waals surface area contributed by atoms with Crippen molar-refractivity contribution in [2.45, 2.75) is 27.0 Å². The van der Waals surface area contributed by atoms with Gasteiger partial charge in [-0.3, -0.25) is 9.48 Å². The molecule has 2 aromatic carbocycles. The molecule has 1 amide bonds. The van der Waals surface area contributed by atoms with E-state index in [9.17, 15) is 4.79 Å². The molecule has 0 bridgehead atoms. The third-order valence-corrected chi connectivity index (χ3v) is 5.42. The molecule has 2 heterocycles. The second-order valence-corrected chi connectivity index (χ2v) is 8.26. The number of nitrogens with one attached hydrogen (secondary N) is 1. The molecule has 8 heteroatoms. The minimum Gasteiger partial charge on any atom is -0.485 e. The van der Waals surface area contributed by atoms with Crippen molar-refractivity contribution in [2.24, 2.45) is 0 Å². The minimum absolute atomic E-state index is 0.180. The van der Waals surface area contributed by atoms with Crippen LogP contribution in [0.5, 0.6) is 5.75 Å². The van der Waals surface area contributed by atoms with Crippen molar-refractivity contribution in [2.75, 3.05) is 5.32 Å². The molecule has 4 aromatic rings. The van der Waals surface area contributed by atoms with E-state index in [0.29, 0.717) is 28.2 Å². The lowest BCUT2D eigenvalue weighted by Gasteiger charge is -2.08. The summed E-state index contributed by atoms with van der Waals surface area (Å²) in [4.78, 5) is 12.5. The predicted molar refractivity (Wildman–Crippen MR) is 125 cm³/mol. The van der Waals surface area contributed by atoms with Crippen molar-refractivity contribution >= 4 is 34.9 Å². The van der Waals surface area contributed by atoms with E-state index in [-0.39, 0.29) is 12.4 Å². The van der Waals surface area contributed by atoms with Crippen LogP contribution in [0.4, 0.5) is 5.82 Å². The second-order valence-electron chi connectivity index (χ2n) is 7.41. The Morgan fingerprint density at radius 3 is 2.75 bits per heavy atom. The van der Waals surface area contributed by atoms with Gasteiger partial charge in [0.25, 0.3) is 5.91 Å². The molecule has 1 N–H and O–H groups in total. The fourth-order valence-electron chi connectivity index (χ4n) is 3.11. The maximum atomic E-state index is 12.5. The van der Waals surface area contributed by atoms with Gasteiger partial charge in [-0.25, -0.2) is 0 Å². The number of carbonyl (C=O) groups is 1. The first kappa shape index (κ1) is 22.0. The molecule has 0 saturated heterocycles. The van der Waals surface area contributed by atoms with E-state index in [0.717, 1.165) is 22.4 Å². The molecule has 2 aromatic heterocycles. The van der Waals surface area contributed by atoms with Gasteiger partial charge in [0.2, 0.25) is 0 Å². The maximum absolute atomic E-state index is 12.5. The molecule has 0 spiro atoms. The third-order valence-electron chi connectivity index (χ3n) is 4.83. The van der Waals surface area contributed by atoms with Gasteiger partial charge in [-0.2, -0.15) is 5.10 Å². The number of hydrogen-bond donors (Lipinski definition) is 1. The smallest absolute Gasteiger partial charge is 0.292 e. The second kappa shape index (κ2) is 9.51. The fraction of sp³-hybridized carbons (Fsp3) is 0.167. The van der Waals surface area contributed by atoms with Crippen molar-refractivity contribution < 1.29 is 13.9 Å². The lowest BCUT2D eigenvalue weighted by atomic mass is 10.1. The number of nitrogens with zero attached hydrogens (tertiary/aromatic N) is 2. The molecule has 32 heavy (non-hydrogen) atoms. The Hall–Kier alpha value is -3.22. The summed E-state index contributed by atoms with van der Waals surface area (Å²) in [6, 6.07) is 16.3. The normalized spacial score (nSPS) is 10.9. The van der Waals surface area contributed by atoms with Gasteiger partial charge in [-0.05, 0) is 60.9 Å². The van der Waals surface area contributed by atoms with Crippen LogP contribution in [0.2, 0.25) is 10.0 Å². The van der Waals surface area contributed by atoms with Gasteiger partial charge >= 0.3 is 0 Å². The number of rotatable bonds is 7. The van der Waals surface area contributed by atoms with Gasteiger partial charge in [-0.15, -0.1) is 0 Å². The van der Waals surface area contributed by atoms with E-state index < -0.39 is 5.91 Å². The summed E-state index contributed by atoms with van der Waals surface area (Å²) in [6.07, 6.45) is 1.76. The Labute approximate surface area is 195 Å². The average Bonchev–Trinajstić information content (AvgIpc) is 3.40. The summed E-state index contributed by atoms with van der Waals surface area (Å²) in [5.74, 6) is 1.54. The Kier molecular flexibility index (Phi) is 6.53. The average molecular weight is 470 g/mol. The number of amides is 1. The SMILES string of the molecule is Cc1ccc(C)c(OCc2ccc(C(=O)Nc3ccn(Cc4ccc(Cl)cc4Cl)n3)o2)c1. The number of carbonyl (C=O) groups excluding carboxylic acids is 1. The molecule has 0 atom stereocenters. The van der Waals surface area contributed by atoms with Gasteiger partial charge in [0.1, 0.15) is 18.1 Å². The first-order valence-corrected chi connectivity index (χ1v) is 10.7. The molecular weight excluding hydrogens is 449 g/mol. The van der Waals surface area contributed by atoms with Crippen molar-refractivity contribution in [3.63, 3.8) is 0 Å². The Morgan fingerprint density at radius 2 is 1.94 bits per heavy atom. The summed E-state index contributed by atoms with van der Waals surface area (Å²) in [7, 11) is 0. The van der Waals surface area contributed by atoms with Gasteiger partial charge < -0.3 is 14.5 Å². The minimum atomic E-state index is -0.391. The van der Waals surface area contributed by atoms with E-state index in [1.807, 2.05) is 38.1 Å². The highest BCUT2D eigenvalue weighted by atomic mass is 35.5. The lowest BCUT2D eigenvalue weighted by molar-refractivity contribution is 0.0992. The number of benzene rings is 2. The number of furan rings is 1. The lowest BCUT2D eigenvalue weighted by Crippen LogP contribution is -2.12. The molecule has 0 aliphatic rings. The quantitative estimate of drug-likeness (QED) is 0.345. The van der Waals surface area contributed by atoms with E-state index >= 15 is 0 Å². The van der Waals surface area contributed by atoms with Crippen LogP contribution >= 0.6 is 23.2 Å². The van der Waals surface area contributed by atoms with E-state index in [4.69, 9.17) is 32.4 Å². The third kappa shape index (κ3) is 5.33. The van der Waals surface area contributed by atoms with Gasteiger partial charge in [-0.1, -0.05) is 41.4 Å². The number of halogens is 2. The van der Waals surface area contributed by atoms with Crippen LogP contribution in [-0.4, -0.2) is 15.7 Å². The molecule has 164 valence electrons. The summed E-state index contributed by atoms with van der Waals surface area (Å²) in [5, 5.41) is 8.23. The molecule has 0 radical (unpaired) electrons. The van der Waals surface area contributed by atoms with Crippen LogP contribution in [0.3, 0.4) is 0 Å². The Bertz CT molecular complexity index is 1260. The van der Waals surface area contributed by atoms with Crippen LogP contribution in [0.25, 0.3) is 0 Å². The maximum Gasteiger partial charge on any atom is 0.292 e. The molecule has 0 aliphatic heterocycles. The largest absolute Gasteiger partial charge is 0.485 e. The van der Waals surface area contributed by atoms with Crippen molar-refractivity contribution in [3.05, 3.63) is 99.1 Å². The number of aromatic nitrogens is 2. The van der Waals surface area contributed by atoms with Crippen molar-refractivity contribution in [1.82, 2.24) is 9.78 Å². The van der Waals surface area contributed by atoms with Crippen LogP contribution in [-0.2, 0) is 13.2 Å². The summed E-state index contributed by atoms with van der Waals surface area (Å²) in [6.45, 7) is 4.67. The fourth-order valence-corrected chi connectivity index (χ4v) is 3.58. The van der Waals surface area contributed by atoms with Crippen LogP contribution in [0.15, 0.2) is 65.2 Å². The first-order chi connectivity index (χ1) is 15.4. The zero-order valence-corrected chi connectivity index (χ0v) is 19.1. The van der Waals surface area contributed by atoms with Crippen LogP contribution in [0.1, 0.15) is 33.0 Å². The number of hydrogen-bond acceptors (Lipinski definition) is 4. The van der Waals surface area contributed by atoms with Gasteiger partial charge in [0.15, 0.2) is 11.6 Å². The zero-order valence-electron chi connectivity index (χ0n) is 17.6. The predicted octanol–water partition coefficient (Wildman–Crippen LogP) is 6.28. The standard InChI is InChI=1S/C24H21Cl2N3O3/c1-15-3-4-16(2)22(11-15)31-14-19-7-8-21(32-19)24(30)27-23-9-10-29(28-23)13-17-5-6-18(25)12-20(17)26/h3-12H,13-14H2,1-2H3,(H,27,28,30). The molecule has 0 unspecified atom stereocenters. The van der Waals surface area contributed by atoms with Crippen molar-refractivity contribution in [3.8, 4) is 5.75 Å². The van der Waals surface area contributed by atoms with Gasteiger partial charge in [0.05, 0.1) is 6.54 Å². The summed E-state index contributed by atoms with van der Waals surface area (Å²) in [5.41, 5.74) is 3.02. The molecule has 0 saturated carbocycles. The van der Waals surface area contributed by atoms with E-state index in [1.165, 1.54) is 0 Å². The van der Waals surface area contributed by atoms with E-state index in [2.05, 4.69) is 10.4 Å². The van der Waals surface area contributed by atoms with Crippen molar-refractivity contribution in [1.29, 1.82) is 0 Å². The summed E-state index contributed by atoms with van der Waals surface area (Å²) >= 11 is 12.2. The van der Waals surface area contributed by atoms with Gasteiger partial charge in [0, 0.05) is 22.3 Å². The highest BCUT2D eigenvalue weighted by Gasteiger charge is 2.14. The number of ether oxygens (including phenoxy) is 1. The number of aryl methyl sites for hydroxylation is 2. The Morgan fingerprint density at radius 1 is 1.09 bits per heavy atom. The first-order valence-electron chi connectivity index (χ1n) is 9.95. The zero-order chi connectivity index (χ0) is 22.7. The molecule has 6 nitrogen and oxygen atoms in total. The van der Waals surface area contributed by atoms with Crippen LogP contribution in [0, 0.1) is 13.8 Å². The molecule has 4 rings (SSSR count). The molecular formula is C24H21Cl2N3O3. The number of anilines is 1. The summed E-state index contributed by atoms with van der Waals surface area (Å²) < 4.78 is 13.1. The monoisotopic (exact) mass is 469 g/mol. The highest BCUT2D eigenvalue weighted by molar-refractivity contribution is 6.35. The van der Waals surface area contributed by atoms with E-state index in [1.54, 1.807) is 41.2 Å². The van der Waals surface area contributed by atoms with Crippen LogP contribution < -0.4 is 10.1 Å². The Balaban J connectivity index is 1.35. The highest BCUT2D eigenvalue weighted by Crippen LogP contribution is 2.23. The molecule has 0 fully saturated rings. The topological polar surface area (TPSA) is 69.3 Å². The molecule has 0 aliphatic carbocycles.